The van der Waals surface area contributed by atoms with Crippen molar-refractivity contribution in [3.8, 4) is 0 Å². The number of nitrogens with one attached hydrogen (secondary N) is 2. The van der Waals surface area contributed by atoms with Crippen molar-refractivity contribution in [3.63, 3.8) is 0 Å². The van der Waals surface area contributed by atoms with Gasteiger partial charge in [0, 0.05) is 38.8 Å². The molecule has 1 aliphatic rings. The van der Waals surface area contributed by atoms with Gasteiger partial charge < -0.3 is 10.6 Å². The lowest BCUT2D eigenvalue weighted by molar-refractivity contribution is 0.221. The van der Waals surface area contributed by atoms with Gasteiger partial charge in [0.25, 0.3) is 0 Å². The maximum Gasteiger partial charge on any atom is 0.191 e. The molecule has 1 fully saturated rings. The number of nitrogens with zero attached hydrogens (tertiary/aromatic N) is 2. The van der Waals surface area contributed by atoms with Crippen LogP contribution in [-0.4, -0.2) is 49.6 Å². The van der Waals surface area contributed by atoms with E-state index in [1.165, 1.54) is 31.3 Å². The van der Waals surface area contributed by atoms with Crippen molar-refractivity contribution in [1.29, 1.82) is 0 Å². The molecule has 0 atom stereocenters. The molecule has 4 heteroatoms. The van der Waals surface area contributed by atoms with Crippen molar-refractivity contribution in [1.82, 2.24) is 15.5 Å². The van der Waals surface area contributed by atoms with Gasteiger partial charge >= 0.3 is 0 Å². The highest BCUT2D eigenvalue weighted by molar-refractivity contribution is 5.80. The van der Waals surface area contributed by atoms with Gasteiger partial charge in [0.15, 0.2) is 5.96 Å². The minimum atomic E-state index is 0.542. The maximum absolute atomic E-state index is 4.78. The Morgan fingerprint density at radius 1 is 1.23 bits per heavy atom. The molecule has 1 aliphatic heterocycles. The highest BCUT2D eigenvalue weighted by Crippen LogP contribution is 2.12. The number of aliphatic imine (C=N–C) groups is 1. The van der Waals surface area contributed by atoms with E-state index in [2.05, 4.69) is 49.8 Å². The lowest BCUT2D eigenvalue weighted by Gasteiger charge is -2.33. The first kappa shape index (κ1) is 19.0. The molecule has 0 unspecified atom stereocenters. The predicted molar refractivity (Wildman–Crippen MR) is 97.5 cm³/mol. The molecule has 1 saturated heterocycles. The normalized spacial score (nSPS) is 17.8. The Kier molecular flexibility index (Phi) is 9.21. The highest BCUT2D eigenvalue weighted by Gasteiger charge is 2.19. The van der Waals surface area contributed by atoms with Crippen LogP contribution in [0.4, 0.5) is 0 Å². The summed E-state index contributed by atoms with van der Waals surface area (Å²) < 4.78 is 0. The first-order chi connectivity index (χ1) is 10.6. The van der Waals surface area contributed by atoms with Crippen molar-refractivity contribution < 1.29 is 0 Å². The summed E-state index contributed by atoms with van der Waals surface area (Å²) in [7, 11) is 0. The van der Waals surface area contributed by atoms with E-state index in [4.69, 9.17) is 4.99 Å². The van der Waals surface area contributed by atoms with Gasteiger partial charge in [-0.25, -0.2) is 0 Å². The van der Waals surface area contributed by atoms with Crippen molar-refractivity contribution >= 4 is 5.96 Å². The summed E-state index contributed by atoms with van der Waals surface area (Å²) in [6.45, 7) is 17.9. The van der Waals surface area contributed by atoms with E-state index in [0.29, 0.717) is 12.0 Å². The van der Waals surface area contributed by atoms with Crippen LogP contribution in [-0.2, 0) is 0 Å². The van der Waals surface area contributed by atoms with E-state index >= 15 is 0 Å². The van der Waals surface area contributed by atoms with Crippen molar-refractivity contribution in [3.05, 3.63) is 12.2 Å². The molecule has 0 aliphatic carbocycles. The third-order valence-corrected chi connectivity index (χ3v) is 4.43. The van der Waals surface area contributed by atoms with E-state index in [0.717, 1.165) is 38.7 Å². The Morgan fingerprint density at radius 3 is 2.36 bits per heavy atom. The van der Waals surface area contributed by atoms with Crippen molar-refractivity contribution in [2.75, 3.05) is 32.7 Å². The Balaban J connectivity index is 2.43. The maximum atomic E-state index is 4.78. The van der Waals surface area contributed by atoms with Crippen LogP contribution in [0.3, 0.4) is 0 Å². The molecule has 0 radical (unpaired) electrons. The van der Waals surface area contributed by atoms with Crippen LogP contribution in [0.1, 0.15) is 53.4 Å². The van der Waals surface area contributed by atoms with Crippen LogP contribution in [0.25, 0.3) is 0 Å². The molecule has 128 valence electrons. The number of likely N-dealkylation sites (tertiary alicyclic amines) is 1. The molecular weight excluding hydrogens is 272 g/mol. The van der Waals surface area contributed by atoms with Gasteiger partial charge in [-0.2, -0.15) is 0 Å². The minimum absolute atomic E-state index is 0.542. The molecule has 2 N–H and O–H groups in total. The molecule has 0 aromatic heterocycles. The van der Waals surface area contributed by atoms with Crippen molar-refractivity contribution in [2.24, 2.45) is 10.9 Å². The van der Waals surface area contributed by atoms with E-state index < -0.39 is 0 Å². The van der Waals surface area contributed by atoms with Gasteiger partial charge in [0.05, 0.1) is 0 Å². The second kappa shape index (κ2) is 10.7. The van der Waals surface area contributed by atoms with Gasteiger partial charge in [-0.05, 0) is 32.6 Å². The fraction of sp³-hybridized carbons (Fsp3) is 0.833. The summed E-state index contributed by atoms with van der Waals surface area (Å²) in [6.07, 6.45) is 4.78. The van der Waals surface area contributed by atoms with E-state index in [1.54, 1.807) is 0 Å². The molecule has 4 nitrogen and oxygen atoms in total. The summed E-state index contributed by atoms with van der Waals surface area (Å²) in [6, 6.07) is 0.542. The fourth-order valence-electron chi connectivity index (χ4n) is 2.90. The molecular formula is C18H36N4. The molecule has 0 aromatic carbocycles. The third-order valence-electron chi connectivity index (χ3n) is 4.43. The van der Waals surface area contributed by atoms with Crippen LogP contribution in [0.15, 0.2) is 17.1 Å². The van der Waals surface area contributed by atoms with Crippen molar-refractivity contribution in [2.45, 2.75) is 59.4 Å². The zero-order chi connectivity index (χ0) is 16.4. The van der Waals surface area contributed by atoms with Gasteiger partial charge in [0.1, 0.15) is 0 Å². The first-order valence-electron chi connectivity index (χ1n) is 9.00. The summed E-state index contributed by atoms with van der Waals surface area (Å²) in [5, 5.41) is 7.01. The van der Waals surface area contributed by atoms with Gasteiger partial charge in [-0.3, -0.25) is 9.89 Å². The monoisotopic (exact) mass is 308 g/mol. The van der Waals surface area contributed by atoms with Crippen LogP contribution < -0.4 is 10.6 Å². The van der Waals surface area contributed by atoms with Gasteiger partial charge in [-0.1, -0.05) is 38.8 Å². The highest BCUT2D eigenvalue weighted by atomic mass is 15.2. The fourth-order valence-corrected chi connectivity index (χ4v) is 2.90. The van der Waals surface area contributed by atoms with Crippen LogP contribution >= 0.6 is 0 Å². The average Bonchev–Trinajstić information content (AvgIpc) is 2.50. The molecule has 1 heterocycles. The Hall–Kier alpha value is -1.03. The Labute approximate surface area is 137 Å². The minimum Gasteiger partial charge on any atom is -0.357 e. The molecule has 0 bridgehead atoms. The zero-order valence-corrected chi connectivity index (χ0v) is 15.1. The van der Waals surface area contributed by atoms with Gasteiger partial charge in [-0.15, -0.1) is 0 Å². The molecule has 0 amide bonds. The second-order valence-corrected chi connectivity index (χ2v) is 6.55. The second-order valence-electron chi connectivity index (χ2n) is 6.55. The number of hydrogen-bond acceptors (Lipinski definition) is 2. The quantitative estimate of drug-likeness (QED) is 0.411. The average molecular weight is 309 g/mol. The van der Waals surface area contributed by atoms with E-state index in [1.807, 2.05) is 0 Å². The van der Waals surface area contributed by atoms with E-state index in [-0.39, 0.29) is 0 Å². The van der Waals surface area contributed by atoms with Crippen LogP contribution in [0.5, 0.6) is 0 Å². The topological polar surface area (TPSA) is 39.7 Å². The smallest absolute Gasteiger partial charge is 0.191 e. The summed E-state index contributed by atoms with van der Waals surface area (Å²) >= 11 is 0. The van der Waals surface area contributed by atoms with Crippen LogP contribution in [0, 0.1) is 5.92 Å². The third kappa shape index (κ3) is 7.30. The number of piperidine rings is 1. The molecule has 0 aromatic rings. The molecule has 22 heavy (non-hydrogen) atoms. The lowest BCUT2D eigenvalue weighted by Crippen LogP contribution is -2.49. The summed E-state index contributed by atoms with van der Waals surface area (Å²) in [5.74, 6) is 1.70. The number of rotatable bonds is 8. The largest absolute Gasteiger partial charge is 0.357 e. The summed E-state index contributed by atoms with van der Waals surface area (Å²) in [5.41, 5.74) is 1.26. The standard InChI is InChI=1S/C18H36N4/c1-6-16(7-2)13-20-18(19-8-3)21-17-9-11-22(12-10-17)14-15(4)5/h16-17H,4,6-14H2,1-3,5H3,(H2,19,20,21). The summed E-state index contributed by atoms with van der Waals surface area (Å²) in [4.78, 5) is 7.28. The number of hydrogen-bond donors (Lipinski definition) is 2. The van der Waals surface area contributed by atoms with Gasteiger partial charge in [0.2, 0.25) is 0 Å². The number of guanidine groups is 1. The SMILES string of the molecule is C=C(C)CN1CCC(NC(=NCC(CC)CC)NCC)CC1. The molecule has 0 spiro atoms. The zero-order valence-electron chi connectivity index (χ0n) is 15.1. The van der Waals surface area contributed by atoms with E-state index in [9.17, 15) is 0 Å². The first-order valence-corrected chi connectivity index (χ1v) is 9.00. The Bertz CT molecular complexity index is 339. The lowest BCUT2D eigenvalue weighted by atomic mass is 10.0. The molecule has 0 saturated carbocycles. The molecule has 1 rings (SSSR count). The Morgan fingerprint density at radius 2 is 1.86 bits per heavy atom. The van der Waals surface area contributed by atoms with Crippen LogP contribution in [0.2, 0.25) is 0 Å². The predicted octanol–water partition coefficient (Wildman–Crippen LogP) is 3.02.